The number of halogens is 1. The zero-order valence-electron chi connectivity index (χ0n) is 16.0. The van der Waals surface area contributed by atoms with E-state index in [9.17, 15) is 4.79 Å². The highest BCUT2D eigenvalue weighted by molar-refractivity contribution is 9.10. The first kappa shape index (κ1) is 19.9. The molecule has 0 aromatic carbocycles. The number of carbonyl (C=O) groups excluding carboxylic acids is 1. The van der Waals surface area contributed by atoms with Crippen molar-refractivity contribution in [3.05, 3.63) is 40.6 Å². The molecule has 0 aliphatic heterocycles. The van der Waals surface area contributed by atoms with Gasteiger partial charge in [0.05, 0.1) is 16.7 Å². The standard InChI is InChI=1S/C20H22BrN3O2S/c1-6-27-17-8-13(21)11-23-18(17)16-9-14-15(7-12(2)10-22-14)24(16)19(25)26-20(3,4)5/h7-11H,6H2,1-5H3. The predicted molar refractivity (Wildman–Crippen MR) is 113 cm³/mol. The van der Waals surface area contributed by atoms with Crippen LogP contribution in [0.4, 0.5) is 4.79 Å². The Kier molecular flexibility index (Phi) is 5.63. The van der Waals surface area contributed by atoms with Gasteiger partial charge in [-0.1, -0.05) is 6.92 Å². The maximum absolute atomic E-state index is 13.0. The molecule has 3 heterocycles. The smallest absolute Gasteiger partial charge is 0.419 e. The zero-order chi connectivity index (χ0) is 19.8. The third-order valence-corrected chi connectivity index (χ3v) is 5.07. The monoisotopic (exact) mass is 447 g/mol. The van der Waals surface area contributed by atoms with Gasteiger partial charge in [-0.3, -0.25) is 9.97 Å². The molecule has 5 nitrogen and oxygen atoms in total. The largest absolute Gasteiger partial charge is 0.443 e. The van der Waals surface area contributed by atoms with Gasteiger partial charge in [-0.25, -0.2) is 9.36 Å². The van der Waals surface area contributed by atoms with E-state index in [2.05, 4.69) is 32.8 Å². The number of aryl methyl sites for hydroxylation is 1. The van der Waals surface area contributed by atoms with Gasteiger partial charge in [0, 0.05) is 21.8 Å². The number of hydrogen-bond acceptors (Lipinski definition) is 5. The predicted octanol–water partition coefficient (Wildman–Crippen LogP) is 6.06. The molecule has 0 aliphatic rings. The second kappa shape index (κ2) is 7.64. The molecule has 0 N–H and O–H groups in total. The van der Waals surface area contributed by atoms with Crippen LogP contribution in [0.2, 0.25) is 0 Å². The summed E-state index contributed by atoms with van der Waals surface area (Å²) in [6, 6.07) is 5.86. The van der Waals surface area contributed by atoms with Gasteiger partial charge in [-0.15, -0.1) is 11.8 Å². The second-order valence-electron chi connectivity index (χ2n) is 7.20. The van der Waals surface area contributed by atoms with Crippen LogP contribution in [0.15, 0.2) is 40.0 Å². The minimum atomic E-state index is -0.601. The molecule has 3 aromatic rings. The van der Waals surface area contributed by atoms with E-state index in [0.29, 0.717) is 5.69 Å². The summed E-state index contributed by atoms with van der Waals surface area (Å²) in [5, 5.41) is 0. The van der Waals surface area contributed by atoms with Crippen molar-refractivity contribution in [1.82, 2.24) is 14.5 Å². The lowest BCUT2D eigenvalue weighted by Gasteiger charge is -2.21. The van der Waals surface area contributed by atoms with Crippen LogP contribution in [0.25, 0.3) is 22.4 Å². The van der Waals surface area contributed by atoms with E-state index in [1.165, 1.54) is 0 Å². The quantitative estimate of drug-likeness (QED) is 0.456. The minimum absolute atomic E-state index is 0.433. The average molecular weight is 448 g/mol. The number of thioether (sulfide) groups is 1. The lowest BCUT2D eigenvalue weighted by atomic mass is 10.2. The number of nitrogens with zero attached hydrogens (tertiary/aromatic N) is 3. The summed E-state index contributed by atoms with van der Waals surface area (Å²) in [6.07, 6.45) is 3.10. The fourth-order valence-corrected chi connectivity index (χ4v) is 4.03. The zero-order valence-corrected chi connectivity index (χ0v) is 18.4. The van der Waals surface area contributed by atoms with E-state index in [0.717, 1.165) is 37.4 Å². The maximum atomic E-state index is 13.0. The van der Waals surface area contributed by atoms with Gasteiger partial charge in [-0.05, 0) is 73.1 Å². The fourth-order valence-electron chi connectivity index (χ4n) is 2.74. The number of carbonyl (C=O) groups is 1. The lowest BCUT2D eigenvalue weighted by Crippen LogP contribution is -2.27. The van der Waals surface area contributed by atoms with Crippen LogP contribution in [-0.2, 0) is 4.74 Å². The van der Waals surface area contributed by atoms with Gasteiger partial charge in [0.15, 0.2) is 0 Å². The molecule has 0 atom stereocenters. The highest BCUT2D eigenvalue weighted by atomic mass is 79.9. The van der Waals surface area contributed by atoms with Gasteiger partial charge in [0.2, 0.25) is 0 Å². The summed E-state index contributed by atoms with van der Waals surface area (Å²) >= 11 is 5.16. The molecule has 0 bridgehead atoms. The molecule has 142 valence electrons. The fraction of sp³-hybridized carbons (Fsp3) is 0.350. The van der Waals surface area contributed by atoms with E-state index in [1.807, 2.05) is 45.9 Å². The van der Waals surface area contributed by atoms with E-state index in [-0.39, 0.29) is 0 Å². The summed E-state index contributed by atoms with van der Waals surface area (Å²) in [5.41, 5.74) is 3.25. The van der Waals surface area contributed by atoms with Crippen molar-refractivity contribution in [3.8, 4) is 11.4 Å². The van der Waals surface area contributed by atoms with E-state index in [4.69, 9.17) is 4.74 Å². The first-order valence-corrected chi connectivity index (χ1v) is 10.5. The van der Waals surface area contributed by atoms with Crippen LogP contribution in [0.3, 0.4) is 0 Å². The average Bonchev–Trinajstić information content (AvgIpc) is 2.92. The SMILES string of the molecule is CCSc1cc(Br)cnc1-c1cc2ncc(C)cc2n1C(=O)OC(C)(C)C. The molecular formula is C20H22BrN3O2S. The first-order valence-electron chi connectivity index (χ1n) is 8.70. The molecule has 0 spiro atoms. The van der Waals surface area contributed by atoms with Gasteiger partial charge >= 0.3 is 6.09 Å². The molecule has 0 saturated carbocycles. The third kappa shape index (κ3) is 4.35. The molecular weight excluding hydrogens is 426 g/mol. The first-order chi connectivity index (χ1) is 12.7. The Morgan fingerprint density at radius 2 is 1.96 bits per heavy atom. The Bertz CT molecular complexity index is 1010. The molecule has 0 aliphatic carbocycles. The van der Waals surface area contributed by atoms with Crippen molar-refractivity contribution in [1.29, 1.82) is 0 Å². The van der Waals surface area contributed by atoms with Crippen molar-refractivity contribution in [2.75, 3.05) is 5.75 Å². The van der Waals surface area contributed by atoms with Crippen LogP contribution >= 0.6 is 27.7 Å². The highest BCUT2D eigenvalue weighted by Crippen LogP contribution is 2.35. The van der Waals surface area contributed by atoms with Crippen molar-refractivity contribution in [2.24, 2.45) is 0 Å². The van der Waals surface area contributed by atoms with Crippen molar-refractivity contribution in [2.45, 2.75) is 45.1 Å². The Hall–Kier alpha value is -1.86. The van der Waals surface area contributed by atoms with Crippen LogP contribution in [-0.4, -0.2) is 32.0 Å². The van der Waals surface area contributed by atoms with E-state index >= 15 is 0 Å². The Labute approximate surface area is 171 Å². The van der Waals surface area contributed by atoms with Crippen LogP contribution in [0.5, 0.6) is 0 Å². The lowest BCUT2D eigenvalue weighted by molar-refractivity contribution is 0.0547. The number of rotatable bonds is 3. The van der Waals surface area contributed by atoms with Crippen LogP contribution in [0, 0.1) is 6.92 Å². The van der Waals surface area contributed by atoms with Gasteiger partial charge in [0.1, 0.15) is 11.3 Å². The van der Waals surface area contributed by atoms with Crippen LogP contribution < -0.4 is 0 Å². The number of ether oxygens (including phenoxy) is 1. The number of pyridine rings is 2. The minimum Gasteiger partial charge on any atom is -0.443 e. The molecule has 0 amide bonds. The molecule has 0 fully saturated rings. The summed E-state index contributed by atoms with van der Waals surface area (Å²) < 4.78 is 8.15. The molecule has 0 unspecified atom stereocenters. The molecule has 3 rings (SSSR count). The van der Waals surface area contributed by atoms with Crippen LogP contribution in [0.1, 0.15) is 33.3 Å². The van der Waals surface area contributed by atoms with Crippen molar-refractivity contribution >= 4 is 44.8 Å². The molecule has 0 radical (unpaired) electrons. The molecule has 3 aromatic heterocycles. The van der Waals surface area contributed by atoms with Crippen molar-refractivity contribution in [3.63, 3.8) is 0 Å². The Balaban J connectivity index is 2.27. The third-order valence-electron chi connectivity index (χ3n) is 3.73. The molecule has 7 heteroatoms. The van der Waals surface area contributed by atoms with Gasteiger partial charge < -0.3 is 4.74 Å². The van der Waals surface area contributed by atoms with E-state index in [1.54, 1.807) is 28.7 Å². The second-order valence-corrected chi connectivity index (χ2v) is 9.42. The number of hydrogen-bond donors (Lipinski definition) is 0. The highest BCUT2D eigenvalue weighted by Gasteiger charge is 2.25. The van der Waals surface area contributed by atoms with Crippen molar-refractivity contribution < 1.29 is 9.53 Å². The number of fused-ring (bicyclic) bond motifs is 1. The maximum Gasteiger partial charge on any atom is 0.419 e. The normalized spacial score (nSPS) is 11.8. The Morgan fingerprint density at radius 1 is 1.22 bits per heavy atom. The van der Waals surface area contributed by atoms with Gasteiger partial charge in [-0.2, -0.15) is 0 Å². The topological polar surface area (TPSA) is 57.0 Å². The summed E-state index contributed by atoms with van der Waals surface area (Å²) in [4.78, 5) is 23.1. The van der Waals surface area contributed by atoms with E-state index < -0.39 is 11.7 Å². The molecule has 27 heavy (non-hydrogen) atoms. The Morgan fingerprint density at radius 3 is 2.63 bits per heavy atom. The number of aromatic nitrogens is 3. The summed E-state index contributed by atoms with van der Waals surface area (Å²) in [5.74, 6) is 0.898. The summed E-state index contributed by atoms with van der Waals surface area (Å²) in [6.45, 7) is 9.61. The summed E-state index contributed by atoms with van der Waals surface area (Å²) in [7, 11) is 0. The molecule has 0 saturated heterocycles. The van der Waals surface area contributed by atoms with Gasteiger partial charge in [0.25, 0.3) is 0 Å².